The first-order valence-electron chi connectivity index (χ1n) is 12.2. The maximum Gasteiger partial charge on any atom is 0.232 e. The second kappa shape index (κ2) is 10.9. The smallest absolute Gasteiger partial charge is 0.232 e. The Morgan fingerprint density at radius 2 is 2.17 bits per heavy atom. The molecule has 1 saturated carbocycles. The van der Waals surface area contributed by atoms with Crippen molar-refractivity contribution in [1.29, 1.82) is 0 Å². The monoisotopic (exact) mass is 507 g/mol. The average Bonchev–Trinajstić information content (AvgIpc) is 3.59. The highest BCUT2D eigenvalue weighted by atomic mass is 32.2. The number of aromatic nitrogens is 1. The van der Waals surface area contributed by atoms with Crippen LogP contribution in [0.3, 0.4) is 0 Å². The Morgan fingerprint density at radius 3 is 2.81 bits per heavy atom. The third-order valence-corrected chi connectivity index (χ3v) is 7.77. The number of alkyl halides is 1. The van der Waals surface area contributed by atoms with Crippen LogP contribution in [0.25, 0.3) is 0 Å². The summed E-state index contributed by atoms with van der Waals surface area (Å²) in [7, 11) is 1.69. The number of pyridine rings is 1. The lowest BCUT2D eigenvalue weighted by Gasteiger charge is -2.29. The molecule has 2 unspecified atom stereocenters. The molecule has 2 atom stereocenters. The lowest BCUT2D eigenvalue weighted by Crippen LogP contribution is -2.43. The fourth-order valence-corrected chi connectivity index (χ4v) is 5.10. The van der Waals surface area contributed by atoms with Crippen LogP contribution in [-0.2, 0) is 10.2 Å². The number of rotatable bonds is 10. The van der Waals surface area contributed by atoms with Crippen molar-refractivity contribution in [2.75, 3.05) is 20.1 Å². The number of hydrogen-bond donors (Lipinski definition) is 1. The minimum Gasteiger partial charge on any atom is -0.352 e. The van der Waals surface area contributed by atoms with Crippen molar-refractivity contribution in [3.05, 3.63) is 88.8 Å². The van der Waals surface area contributed by atoms with Crippen LogP contribution in [0.5, 0.6) is 0 Å². The zero-order valence-electron chi connectivity index (χ0n) is 21.2. The molecule has 0 aromatic carbocycles. The number of hydrogen-bond acceptors (Lipinski definition) is 6. The van der Waals surface area contributed by atoms with Crippen molar-refractivity contribution in [2.24, 2.45) is 4.99 Å². The molecule has 0 spiro atoms. The van der Waals surface area contributed by atoms with Gasteiger partial charge in [-0.25, -0.2) is 4.39 Å². The van der Waals surface area contributed by atoms with Crippen LogP contribution in [0.4, 0.5) is 4.39 Å². The van der Waals surface area contributed by atoms with Crippen LogP contribution in [0.1, 0.15) is 38.8 Å². The molecule has 0 bridgehead atoms. The molecule has 3 aliphatic rings. The van der Waals surface area contributed by atoms with E-state index in [4.69, 9.17) is 4.99 Å². The largest absolute Gasteiger partial charge is 0.352 e. The summed E-state index contributed by atoms with van der Waals surface area (Å²) in [5, 5.41) is 5.28. The van der Waals surface area contributed by atoms with Crippen molar-refractivity contribution in [3.8, 4) is 0 Å². The number of nitrogens with one attached hydrogen (secondary N) is 1. The predicted molar refractivity (Wildman–Crippen MR) is 146 cm³/mol. The maximum atomic E-state index is 13.6. The van der Waals surface area contributed by atoms with Crippen molar-refractivity contribution in [3.63, 3.8) is 0 Å². The van der Waals surface area contributed by atoms with Crippen LogP contribution in [0.15, 0.2) is 88.1 Å². The number of carbonyl (C=O) groups excluding carboxylic acids is 1. The van der Waals surface area contributed by atoms with E-state index in [1.165, 1.54) is 23.6 Å². The Balaban J connectivity index is 1.56. The summed E-state index contributed by atoms with van der Waals surface area (Å²) in [5.74, 6) is 0.858. The first-order valence-corrected chi connectivity index (χ1v) is 13.1. The molecule has 1 amide bonds. The van der Waals surface area contributed by atoms with Gasteiger partial charge in [-0.05, 0) is 61.5 Å². The van der Waals surface area contributed by atoms with Gasteiger partial charge in [-0.3, -0.25) is 14.8 Å². The number of amidine groups is 1. The predicted octanol–water partition coefficient (Wildman–Crippen LogP) is 5.07. The molecule has 1 N–H and O–H groups in total. The molecule has 1 aromatic rings. The van der Waals surface area contributed by atoms with Crippen LogP contribution < -0.4 is 5.32 Å². The van der Waals surface area contributed by atoms with E-state index < -0.39 is 11.7 Å². The Morgan fingerprint density at radius 1 is 1.39 bits per heavy atom. The third-order valence-electron chi connectivity index (χ3n) is 6.89. The van der Waals surface area contributed by atoms with E-state index in [1.54, 1.807) is 19.4 Å². The number of carbonyl (C=O) groups is 1. The summed E-state index contributed by atoms with van der Waals surface area (Å²) in [6.45, 7) is 13.0. The number of allylic oxidation sites excluding steroid dienone is 2. The van der Waals surface area contributed by atoms with E-state index in [0.717, 1.165) is 46.1 Å². The molecule has 1 aromatic heterocycles. The highest BCUT2D eigenvalue weighted by Gasteiger charge is 2.53. The van der Waals surface area contributed by atoms with E-state index in [0.29, 0.717) is 19.5 Å². The first kappa shape index (κ1) is 25.9. The van der Waals surface area contributed by atoms with Gasteiger partial charge in [-0.15, -0.1) is 0 Å². The Labute approximate surface area is 217 Å². The zero-order chi connectivity index (χ0) is 25.9. The first-order chi connectivity index (χ1) is 17.3. The molecule has 2 fully saturated rings. The normalized spacial score (nSPS) is 21.4. The number of fused-ring (bicyclic) bond motifs is 1. The molecule has 0 radical (unpaired) electrons. The topological polar surface area (TPSA) is 60.8 Å². The van der Waals surface area contributed by atoms with Crippen molar-refractivity contribution in [2.45, 2.75) is 50.9 Å². The molecule has 1 saturated heterocycles. The number of thioether (sulfide) groups is 1. The summed E-state index contributed by atoms with van der Waals surface area (Å²) in [4.78, 5) is 27.2. The maximum absolute atomic E-state index is 13.6. The quantitative estimate of drug-likeness (QED) is 0.354. The van der Waals surface area contributed by atoms with Gasteiger partial charge >= 0.3 is 0 Å². The summed E-state index contributed by atoms with van der Waals surface area (Å²) < 4.78 is 13.6. The Kier molecular flexibility index (Phi) is 7.83. The molecule has 2 aliphatic heterocycles. The molecule has 1 aliphatic carbocycles. The van der Waals surface area contributed by atoms with Gasteiger partial charge in [0, 0.05) is 43.0 Å². The standard InChI is InChI=1S/C28H34FN5OS/c1-6-15-36-20(3)26-31-17-23(19(2)10-14-33(5)21(4)29)24-16-22(18-34(24)26)32-27(35)28(11-12-28)25-9-7-8-13-30-25/h6-10,13-15,21-22H,2-3,11-12,16-18H2,1,4-5H3,(H,32,35)/b14-10-,15-6-. The number of nitrogens with zero attached hydrogens (tertiary/aromatic N) is 4. The van der Waals surface area contributed by atoms with Crippen molar-refractivity contribution < 1.29 is 9.18 Å². The molecular formula is C28H34FN5OS. The molecule has 36 heavy (non-hydrogen) atoms. The summed E-state index contributed by atoms with van der Waals surface area (Å²) >= 11 is 1.54. The van der Waals surface area contributed by atoms with Gasteiger partial charge in [0.15, 0.2) is 6.30 Å². The average molecular weight is 508 g/mol. The van der Waals surface area contributed by atoms with E-state index in [2.05, 4.69) is 28.4 Å². The fourth-order valence-electron chi connectivity index (χ4n) is 4.52. The molecule has 3 heterocycles. The van der Waals surface area contributed by atoms with Gasteiger partial charge in [0.1, 0.15) is 5.84 Å². The Hall–Kier alpha value is -3.13. The molecular weight excluding hydrogens is 473 g/mol. The van der Waals surface area contributed by atoms with Crippen molar-refractivity contribution in [1.82, 2.24) is 20.1 Å². The molecule has 190 valence electrons. The minimum atomic E-state index is -1.09. The van der Waals surface area contributed by atoms with Crippen LogP contribution in [0, 0.1) is 0 Å². The molecule has 4 rings (SSSR count). The van der Waals surface area contributed by atoms with Crippen molar-refractivity contribution >= 4 is 23.5 Å². The van der Waals surface area contributed by atoms with Gasteiger partial charge in [-0.1, -0.05) is 37.1 Å². The lowest BCUT2D eigenvalue weighted by atomic mass is 9.99. The number of aliphatic imine (C=N–C) groups is 1. The van der Waals surface area contributed by atoms with E-state index >= 15 is 0 Å². The number of halogens is 1. The minimum absolute atomic E-state index is 0.0334. The van der Waals surface area contributed by atoms with Gasteiger partial charge in [-0.2, -0.15) is 0 Å². The molecule has 8 heteroatoms. The van der Waals surface area contributed by atoms with Gasteiger partial charge in [0.25, 0.3) is 0 Å². The van der Waals surface area contributed by atoms with Crippen LogP contribution in [0.2, 0.25) is 0 Å². The lowest BCUT2D eigenvalue weighted by molar-refractivity contribution is -0.124. The summed E-state index contributed by atoms with van der Waals surface area (Å²) in [6.07, 6.45) is 8.43. The van der Waals surface area contributed by atoms with E-state index in [9.17, 15) is 9.18 Å². The third kappa shape index (κ3) is 5.33. The van der Waals surface area contributed by atoms with Crippen LogP contribution in [-0.4, -0.2) is 59.0 Å². The molecule has 6 nitrogen and oxygen atoms in total. The second-order valence-corrected chi connectivity index (χ2v) is 10.4. The SMILES string of the molecule is C=C(/C=C\N(C)C(C)F)C1=C2CC(NC(=O)C3(c4ccccn4)CC3)CN2C(C(=C)S/C=C\C)=NC1. The zero-order valence-corrected chi connectivity index (χ0v) is 22.0. The fraction of sp³-hybridized carbons (Fsp3) is 0.393. The highest BCUT2D eigenvalue weighted by molar-refractivity contribution is 8.06. The van der Waals surface area contributed by atoms with E-state index in [1.807, 2.05) is 42.7 Å². The van der Waals surface area contributed by atoms with Crippen LogP contribution >= 0.6 is 11.8 Å². The van der Waals surface area contributed by atoms with Gasteiger partial charge < -0.3 is 15.1 Å². The number of amides is 1. The Bertz CT molecular complexity index is 1150. The highest BCUT2D eigenvalue weighted by Crippen LogP contribution is 2.48. The summed E-state index contributed by atoms with van der Waals surface area (Å²) in [5.41, 5.74) is 3.18. The van der Waals surface area contributed by atoms with Gasteiger partial charge in [0.05, 0.1) is 23.7 Å². The second-order valence-electron chi connectivity index (χ2n) is 9.44. The summed E-state index contributed by atoms with van der Waals surface area (Å²) in [6, 6.07) is 5.66. The van der Waals surface area contributed by atoms with E-state index in [-0.39, 0.29) is 11.9 Å². The van der Waals surface area contributed by atoms with Gasteiger partial charge in [0.2, 0.25) is 5.91 Å².